The van der Waals surface area contributed by atoms with Crippen LogP contribution in [0.15, 0.2) is 43.2 Å². The third kappa shape index (κ3) is 3.96. The van der Waals surface area contributed by atoms with Crippen molar-refractivity contribution in [1.29, 1.82) is 0 Å². The second-order valence-electron chi connectivity index (χ2n) is 7.60. The standard InChI is InChI=1S/C21H21ClN8O4/c1-23-20(33)16-14(31)15(32)21(34-16)30-9-27-13-18(26-6-10-2-3-24-5-10)28-17(29-19(13)30)11-4-12(22)8-25-7-11/h2-5,7-9,14-16,21,24,31-32H,6H2,1H3,(H,23,33)(H,26,28,29)/t14-,15+,16-,21+/m0/s1/i1D3. The molecular weight excluding hydrogens is 464 g/mol. The van der Waals surface area contributed by atoms with Crippen LogP contribution < -0.4 is 10.6 Å². The summed E-state index contributed by atoms with van der Waals surface area (Å²) in [7, 11) is 0. The summed E-state index contributed by atoms with van der Waals surface area (Å²) in [5.41, 5.74) is 2.01. The molecule has 4 aromatic rings. The highest BCUT2D eigenvalue weighted by Gasteiger charge is 2.47. The largest absolute Gasteiger partial charge is 0.387 e. The van der Waals surface area contributed by atoms with Crippen LogP contribution in [-0.4, -0.2) is 70.9 Å². The number of likely N-dealkylation sites (N-methyl/N-ethyl adjacent to an activating group) is 1. The van der Waals surface area contributed by atoms with Gasteiger partial charge in [0.2, 0.25) is 0 Å². The molecule has 0 bridgehead atoms. The van der Waals surface area contributed by atoms with Gasteiger partial charge in [-0.3, -0.25) is 14.3 Å². The van der Waals surface area contributed by atoms with Crippen molar-refractivity contribution >= 4 is 34.5 Å². The van der Waals surface area contributed by atoms with Gasteiger partial charge in [-0.15, -0.1) is 0 Å². The lowest BCUT2D eigenvalue weighted by molar-refractivity contribution is -0.137. The van der Waals surface area contributed by atoms with Gasteiger partial charge in [0.25, 0.3) is 5.91 Å². The molecule has 0 aliphatic carbocycles. The average molecular weight is 488 g/mol. The van der Waals surface area contributed by atoms with Crippen LogP contribution in [0.25, 0.3) is 22.6 Å². The van der Waals surface area contributed by atoms with E-state index >= 15 is 0 Å². The molecule has 5 heterocycles. The number of rotatable bonds is 6. The quantitative estimate of drug-likeness (QED) is 0.265. The molecule has 5 rings (SSSR count). The first kappa shape index (κ1) is 18.8. The number of carbonyl (C=O) groups excluding carboxylic acids is 1. The van der Waals surface area contributed by atoms with Gasteiger partial charge in [0.05, 0.1) is 11.3 Å². The fourth-order valence-corrected chi connectivity index (χ4v) is 3.89. The van der Waals surface area contributed by atoms with E-state index in [1.165, 1.54) is 23.3 Å². The molecule has 0 aromatic carbocycles. The number of nitrogens with zero attached hydrogens (tertiary/aromatic N) is 5. The number of carbonyl (C=O) groups is 1. The van der Waals surface area contributed by atoms with Crippen LogP contribution >= 0.6 is 11.6 Å². The number of fused-ring (bicyclic) bond motifs is 1. The van der Waals surface area contributed by atoms with Gasteiger partial charge in [-0.1, -0.05) is 11.6 Å². The molecule has 12 nitrogen and oxygen atoms in total. The lowest BCUT2D eigenvalue weighted by Gasteiger charge is -2.17. The molecule has 0 spiro atoms. The molecule has 1 fully saturated rings. The van der Waals surface area contributed by atoms with Crippen molar-refractivity contribution in [1.82, 2.24) is 34.8 Å². The second-order valence-corrected chi connectivity index (χ2v) is 8.04. The summed E-state index contributed by atoms with van der Waals surface area (Å²) in [5.74, 6) is -0.483. The SMILES string of the molecule is [2H]C([2H])([2H])NC(=O)[C@H]1O[C@@H](n2cnc3c(NCc4cc[nH]c4)nc(-c4cncc(Cl)c4)nc32)[C@H](O)[C@@H]1O. The van der Waals surface area contributed by atoms with Gasteiger partial charge >= 0.3 is 0 Å². The topological polar surface area (TPSA) is 163 Å². The number of anilines is 1. The Balaban J connectivity index is 1.54. The lowest BCUT2D eigenvalue weighted by atomic mass is 10.1. The van der Waals surface area contributed by atoms with Crippen LogP contribution in [0.2, 0.25) is 5.02 Å². The van der Waals surface area contributed by atoms with E-state index in [-0.39, 0.29) is 11.5 Å². The number of hydrogen-bond donors (Lipinski definition) is 5. The van der Waals surface area contributed by atoms with Crippen LogP contribution in [0.1, 0.15) is 15.9 Å². The molecule has 5 N–H and O–H groups in total. The number of imidazole rings is 1. The van der Waals surface area contributed by atoms with E-state index < -0.39 is 37.4 Å². The van der Waals surface area contributed by atoms with Crippen molar-refractivity contribution in [3.05, 3.63) is 53.8 Å². The Bertz CT molecular complexity index is 1430. The first-order chi connectivity index (χ1) is 17.6. The number of pyridine rings is 1. The highest BCUT2D eigenvalue weighted by molar-refractivity contribution is 6.30. The zero-order chi connectivity index (χ0) is 26.3. The summed E-state index contributed by atoms with van der Waals surface area (Å²) < 4.78 is 28.6. The molecule has 13 heteroatoms. The van der Waals surface area contributed by atoms with Crippen LogP contribution in [-0.2, 0) is 16.1 Å². The predicted molar refractivity (Wildman–Crippen MR) is 122 cm³/mol. The highest BCUT2D eigenvalue weighted by atomic mass is 35.5. The predicted octanol–water partition coefficient (Wildman–Crippen LogP) is 0.847. The number of amides is 1. The molecule has 1 amide bonds. The van der Waals surface area contributed by atoms with Crippen molar-refractivity contribution < 1.29 is 23.9 Å². The Hall–Kier alpha value is -3.58. The molecule has 1 aliphatic rings. The van der Waals surface area contributed by atoms with Gasteiger partial charge in [-0.2, -0.15) is 0 Å². The van der Waals surface area contributed by atoms with E-state index in [1.54, 1.807) is 17.6 Å². The summed E-state index contributed by atoms with van der Waals surface area (Å²) >= 11 is 6.11. The maximum absolute atomic E-state index is 12.4. The summed E-state index contributed by atoms with van der Waals surface area (Å²) in [6.07, 6.45) is 1.70. The first-order valence-corrected chi connectivity index (χ1v) is 10.5. The average Bonchev–Trinajstić information content (AvgIpc) is 3.57. The summed E-state index contributed by atoms with van der Waals surface area (Å²) in [5, 5.41) is 26.5. The Morgan fingerprint density at radius 2 is 2.24 bits per heavy atom. The zero-order valence-corrected chi connectivity index (χ0v) is 18.1. The minimum atomic E-state index is -2.79. The van der Waals surface area contributed by atoms with Crippen LogP contribution in [0.4, 0.5) is 5.82 Å². The van der Waals surface area contributed by atoms with Gasteiger partial charge in [0.1, 0.15) is 12.2 Å². The maximum atomic E-state index is 12.4. The van der Waals surface area contributed by atoms with E-state index in [0.29, 0.717) is 28.5 Å². The van der Waals surface area contributed by atoms with Crippen LogP contribution in [0.5, 0.6) is 0 Å². The van der Waals surface area contributed by atoms with Gasteiger partial charge in [-0.25, -0.2) is 15.0 Å². The molecule has 176 valence electrons. The molecule has 0 unspecified atom stereocenters. The minimum absolute atomic E-state index is 0.217. The van der Waals surface area contributed by atoms with E-state index in [0.717, 1.165) is 5.56 Å². The molecular formula is C21H21ClN8O4. The zero-order valence-electron chi connectivity index (χ0n) is 20.4. The van der Waals surface area contributed by atoms with Crippen molar-refractivity contribution in [3.63, 3.8) is 0 Å². The number of halogens is 1. The molecule has 34 heavy (non-hydrogen) atoms. The number of nitrogens with one attached hydrogen (secondary N) is 3. The monoisotopic (exact) mass is 487 g/mol. The van der Waals surface area contributed by atoms with Gasteiger partial charge in [0, 0.05) is 48.0 Å². The highest BCUT2D eigenvalue weighted by Crippen LogP contribution is 2.33. The minimum Gasteiger partial charge on any atom is -0.387 e. The van der Waals surface area contributed by atoms with Crippen LogP contribution in [0, 0.1) is 0 Å². The van der Waals surface area contributed by atoms with Gasteiger partial charge in [0.15, 0.2) is 35.1 Å². The molecule has 0 saturated carbocycles. The number of ether oxygens (including phenoxy) is 1. The number of aliphatic hydroxyl groups excluding tert-OH is 2. The summed E-state index contributed by atoms with van der Waals surface area (Å²) in [6, 6.07) is 3.52. The Kier molecular flexibility index (Phi) is 4.97. The third-order valence-corrected chi connectivity index (χ3v) is 5.61. The number of aliphatic hydroxyl groups is 2. The Morgan fingerprint density at radius 3 is 3.00 bits per heavy atom. The molecule has 0 radical (unpaired) electrons. The molecule has 4 atom stereocenters. The fraction of sp³-hybridized carbons (Fsp3) is 0.286. The first-order valence-electron chi connectivity index (χ1n) is 11.7. The summed E-state index contributed by atoms with van der Waals surface area (Å²) in [4.78, 5) is 32.9. The molecule has 1 saturated heterocycles. The smallest absolute Gasteiger partial charge is 0.251 e. The molecule has 4 aromatic heterocycles. The number of aromatic nitrogens is 6. The van der Waals surface area contributed by atoms with E-state index in [2.05, 4.69) is 30.2 Å². The van der Waals surface area contributed by atoms with Crippen molar-refractivity contribution in [2.24, 2.45) is 0 Å². The van der Waals surface area contributed by atoms with E-state index in [1.807, 2.05) is 12.3 Å². The second kappa shape index (κ2) is 8.99. The number of H-pyrrole nitrogens is 1. The maximum Gasteiger partial charge on any atom is 0.251 e. The van der Waals surface area contributed by atoms with Gasteiger partial charge < -0.3 is 30.6 Å². The van der Waals surface area contributed by atoms with E-state index in [9.17, 15) is 15.0 Å². The Labute approximate surface area is 202 Å². The van der Waals surface area contributed by atoms with Crippen molar-refractivity contribution in [2.75, 3.05) is 12.3 Å². The number of aromatic amines is 1. The van der Waals surface area contributed by atoms with Gasteiger partial charge in [-0.05, 0) is 17.7 Å². The third-order valence-electron chi connectivity index (χ3n) is 5.40. The van der Waals surface area contributed by atoms with Crippen molar-refractivity contribution in [2.45, 2.75) is 31.1 Å². The normalized spacial score (nSPS) is 23.9. The summed E-state index contributed by atoms with van der Waals surface area (Å²) in [6.45, 7) is -2.38. The lowest BCUT2D eigenvalue weighted by Crippen LogP contribution is -2.41. The van der Waals surface area contributed by atoms with Crippen molar-refractivity contribution in [3.8, 4) is 11.4 Å². The molecule has 1 aliphatic heterocycles. The fourth-order valence-electron chi connectivity index (χ4n) is 3.72. The van der Waals surface area contributed by atoms with Crippen LogP contribution in [0.3, 0.4) is 0 Å². The van der Waals surface area contributed by atoms with E-state index in [4.69, 9.17) is 20.5 Å². The Morgan fingerprint density at radius 1 is 1.35 bits per heavy atom. The number of hydrogen-bond acceptors (Lipinski definition) is 9.